The summed E-state index contributed by atoms with van der Waals surface area (Å²) in [5, 5.41) is 12.1. The first-order valence-corrected chi connectivity index (χ1v) is 8.26. The Balaban J connectivity index is 1.87. The van der Waals surface area contributed by atoms with Crippen LogP contribution in [0.3, 0.4) is 0 Å². The average molecular weight is 417 g/mol. The summed E-state index contributed by atoms with van der Waals surface area (Å²) >= 11 is 3.59. The molecule has 0 fully saturated rings. The van der Waals surface area contributed by atoms with Gasteiger partial charge in [0.2, 0.25) is 5.13 Å². The Morgan fingerprint density at radius 3 is 2.52 bits per heavy atom. The molecule has 1 N–H and O–H groups in total. The van der Waals surface area contributed by atoms with Gasteiger partial charge < -0.3 is 4.74 Å². The van der Waals surface area contributed by atoms with Crippen LogP contribution in [0.25, 0.3) is 0 Å². The second kappa shape index (κ2) is 6.69. The summed E-state index contributed by atoms with van der Waals surface area (Å²) in [6.45, 7) is 6.11. The lowest BCUT2D eigenvalue weighted by molar-refractivity contribution is -0.118. The molecule has 0 atom stereocenters. The van der Waals surface area contributed by atoms with Crippen molar-refractivity contribution in [3.05, 3.63) is 32.8 Å². The van der Waals surface area contributed by atoms with Crippen molar-refractivity contribution in [3.63, 3.8) is 0 Å². The molecule has 2 aromatic rings. The van der Waals surface area contributed by atoms with Gasteiger partial charge in [0, 0.05) is 8.99 Å². The molecule has 1 aromatic carbocycles. The summed E-state index contributed by atoms with van der Waals surface area (Å²) in [5.41, 5.74) is -0.0711. The number of halogens is 1. The number of hydrogen-bond donors (Lipinski definition) is 1. The molecule has 0 aliphatic rings. The lowest BCUT2D eigenvalue weighted by atomic mass is 9.98. The number of ether oxygens (including phenoxy) is 1. The Morgan fingerprint density at radius 2 is 1.95 bits per heavy atom. The van der Waals surface area contributed by atoms with Crippen LogP contribution in [0, 0.1) is 3.57 Å². The van der Waals surface area contributed by atoms with Crippen molar-refractivity contribution in [2.24, 2.45) is 0 Å². The largest absolute Gasteiger partial charge is 0.484 e. The molecule has 0 saturated heterocycles. The Bertz CT molecular complexity index is 620. The number of anilines is 1. The Morgan fingerprint density at radius 1 is 1.29 bits per heavy atom. The molecule has 112 valence electrons. The summed E-state index contributed by atoms with van der Waals surface area (Å²) in [6, 6.07) is 7.51. The predicted molar refractivity (Wildman–Crippen MR) is 91.9 cm³/mol. The molecular weight excluding hydrogens is 401 g/mol. The van der Waals surface area contributed by atoms with E-state index in [1.54, 1.807) is 0 Å². The molecular formula is C14H16IN3O2S. The molecule has 1 heterocycles. The van der Waals surface area contributed by atoms with E-state index in [1.165, 1.54) is 11.3 Å². The fourth-order valence-corrected chi connectivity index (χ4v) is 2.59. The van der Waals surface area contributed by atoms with Crippen molar-refractivity contribution < 1.29 is 9.53 Å². The lowest BCUT2D eigenvalue weighted by Crippen LogP contribution is -2.20. The standard InChI is InChI=1S/C14H16IN3O2S/c1-14(2,3)12-17-18-13(21-12)16-11(19)8-20-10-6-4-9(15)5-7-10/h4-7H,8H2,1-3H3,(H,16,18,19). The number of nitrogens with one attached hydrogen (secondary N) is 1. The first kappa shape index (κ1) is 16.2. The van der Waals surface area contributed by atoms with Gasteiger partial charge in [0.25, 0.3) is 5.91 Å². The van der Waals surface area contributed by atoms with E-state index < -0.39 is 0 Å². The molecule has 21 heavy (non-hydrogen) atoms. The highest BCUT2D eigenvalue weighted by molar-refractivity contribution is 14.1. The van der Waals surface area contributed by atoms with E-state index in [9.17, 15) is 4.79 Å². The minimum Gasteiger partial charge on any atom is -0.484 e. The van der Waals surface area contributed by atoms with E-state index in [4.69, 9.17) is 4.74 Å². The molecule has 7 heteroatoms. The van der Waals surface area contributed by atoms with Crippen molar-refractivity contribution >= 4 is 45.0 Å². The Hall–Kier alpha value is -1.22. The molecule has 1 aromatic heterocycles. The van der Waals surface area contributed by atoms with E-state index in [2.05, 4.69) is 58.9 Å². The van der Waals surface area contributed by atoms with Crippen molar-refractivity contribution in [2.45, 2.75) is 26.2 Å². The van der Waals surface area contributed by atoms with Crippen LogP contribution < -0.4 is 10.1 Å². The average Bonchev–Trinajstić information content (AvgIpc) is 2.86. The second-order valence-electron chi connectivity index (χ2n) is 5.45. The number of hydrogen-bond acceptors (Lipinski definition) is 5. The van der Waals surface area contributed by atoms with Crippen LogP contribution >= 0.6 is 33.9 Å². The van der Waals surface area contributed by atoms with Crippen molar-refractivity contribution in [1.29, 1.82) is 0 Å². The molecule has 5 nitrogen and oxygen atoms in total. The highest BCUT2D eigenvalue weighted by Crippen LogP contribution is 2.27. The van der Waals surface area contributed by atoms with Crippen LogP contribution in [-0.2, 0) is 10.2 Å². The van der Waals surface area contributed by atoms with Crippen LogP contribution in [0.1, 0.15) is 25.8 Å². The molecule has 1 amide bonds. The lowest BCUT2D eigenvalue weighted by Gasteiger charge is -2.12. The zero-order valence-corrected chi connectivity index (χ0v) is 15.0. The normalized spacial score (nSPS) is 11.2. The number of aromatic nitrogens is 2. The minimum atomic E-state index is -0.245. The number of rotatable bonds is 4. The number of nitrogens with zero attached hydrogens (tertiary/aromatic N) is 2. The van der Waals surface area contributed by atoms with Gasteiger partial charge in [-0.3, -0.25) is 10.1 Å². The van der Waals surface area contributed by atoms with Gasteiger partial charge in [0.05, 0.1) is 0 Å². The third-order valence-corrected chi connectivity index (χ3v) is 4.48. The van der Waals surface area contributed by atoms with Gasteiger partial charge in [0.1, 0.15) is 10.8 Å². The summed E-state index contributed by atoms with van der Waals surface area (Å²) in [6.07, 6.45) is 0. The van der Waals surface area contributed by atoms with E-state index >= 15 is 0 Å². The van der Waals surface area contributed by atoms with Crippen LogP contribution in [0.15, 0.2) is 24.3 Å². The van der Waals surface area contributed by atoms with Gasteiger partial charge in [-0.1, -0.05) is 32.1 Å². The molecule has 2 rings (SSSR count). The molecule has 0 aliphatic carbocycles. The van der Waals surface area contributed by atoms with Gasteiger partial charge in [-0.2, -0.15) is 0 Å². The van der Waals surface area contributed by atoms with E-state index in [-0.39, 0.29) is 17.9 Å². The minimum absolute atomic E-state index is 0.0506. The number of amides is 1. The van der Waals surface area contributed by atoms with Crippen molar-refractivity contribution in [1.82, 2.24) is 10.2 Å². The van der Waals surface area contributed by atoms with Gasteiger partial charge in [-0.15, -0.1) is 10.2 Å². The van der Waals surface area contributed by atoms with Gasteiger partial charge in [-0.05, 0) is 46.9 Å². The molecule has 0 radical (unpaired) electrons. The Labute approximate surface area is 141 Å². The first-order chi connectivity index (χ1) is 9.84. The summed E-state index contributed by atoms with van der Waals surface area (Å²) < 4.78 is 6.53. The van der Waals surface area contributed by atoms with E-state index in [1.807, 2.05) is 24.3 Å². The molecule has 0 aliphatic heterocycles. The molecule has 0 saturated carbocycles. The quantitative estimate of drug-likeness (QED) is 0.775. The first-order valence-electron chi connectivity index (χ1n) is 6.37. The summed E-state index contributed by atoms with van der Waals surface area (Å²) in [4.78, 5) is 11.8. The maximum absolute atomic E-state index is 11.8. The van der Waals surface area contributed by atoms with Crippen LogP contribution in [0.5, 0.6) is 5.75 Å². The molecule has 0 spiro atoms. The van der Waals surface area contributed by atoms with E-state index in [0.29, 0.717) is 10.9 Å². The van der Waals surface area contributed by atoms with Crippen LogP contribution in [-0.4, -0.2) is 22.7 Å². The maximum Gasteiger partial charge on any atom is 0.264 e. The van der Waals surface area contributed by atoms with E-state index in [0.717, 1.165) is 8.58 Å². The summed E-state index contributed by atoms with van der Waals surface area (Å²) in [5.74, 6) is 0.420. The second-order valence-corrected chi connectivity index (χ2v) is 7.68. The highest BCUT2D eigenvalue weighted by Gasteiger charge is 2.20. The molecule has 0 unspecified atom stereocenters. The third-order valence-electron chi connectivity index (χ3n) is 2.50. The zero-order valence-electron chi connectivity index (χ0n) is 12.0. The number of carbonyl (C=O) groups excluding carboxylic acids is 1. The van der Waals surface area contributed by atoms with Gasteiger partial charge in [-0.25, -0.2) is 0 Å². The third kappa shape index (κ3) is 4.92. The molecule has 0 bridgehead atoms. The van der Waals surface area contributed by atoms with Crippen LogP contribution in [0.4, 0.5) is 5.13 Å². The summed E-state index contributed by atoms with van der Waals surface area (Å²) in [7, 11) is 0. The van der Waals surface area contributed by atoms with Crippen LogP contribution in [0.2, 0.25) is 0 Å². The smallest absolute Gasteiger partial charge is 0.264 e. The number of benzene rings is 1. The highest BCUT2D eigenvalue weighted by atomic mass is 127. The fourth-order valence-electron chi connectivity index (χ4n) is 1.41. The van der Waals surface area contributed by atoms with Gasteiger partial charge in [0.15, 0.2) is 6.61 Å². The van der Waals surface area contributed by atoms with Gasteiger partial charge >= 0.3 is 0 Å². The zero-order chi connectivity index (χ0) is 15.5. The predicted octanol–water partition coefficient (Wildman–Crippen LogP) is 3.46. The maximum atomic E-state index is 11.8. The topological polar surface area (TPSA) is 64.1 Å². The van der Waals surface area contributed by atoms with Crippen molar-refractivity contribution in [2.75, 3.05) is 11.9 Å². The number of carbonyl (C=O) groups is 1. The Kier molecular flexibility index (Phi) is 5.15. The monoisotopic (exact) mass is 417 g/mol. The SMILES string of the molecule is CC(C)(C)c1nnc(NC(=O)COc2ccc(I)cc2)s1. The fraction of sp³-hybridized carbons (Fsp3) is 0.357. The van der Waals surface area contributed by atoms with Crippen molar-refractivity contribution in [3.8, 4) is 5.75 Å².